The number of carbonyl (C=O) groups is 1. The predicted octanol–water partition coefficient (Wildman–Crippen LogP) is 2.90. The Kier molecular flexibility index (Phi) is 9.44. The number of aldehydes is 1. The molecule has 178 valence electrons. The Hall–Kier alpha value is -3.20. The maximum absolute atomic E-state index is 10.4. The zero-order chi connectivity index (χ0) is 23.5. The number of anilines is 2. The van der Waals surface area contributed by atoms with Crippen molar-refractivity contribution in [3.63, 3.8) is 0 Å². The van der Waals surface area contributed by atoms with Crippen LogP contribution < -0.4 is 20.7 Å². The van der Waals surface area contributed by atoms with Crippen LogP contribution in [0.5, 0.6) is 5.88 Å². The number of aromatic nitrogens is 3. The van der Waals surface area contributed by atoms with Crippen LogP contribution in [0, 0.1) is 0 Å². The van der Waals surface area contributed by atoms with Crippen LogP contribution in [-0.4, -0.2) is 52.1 Å². The Labute approximate surface area is 195 Å². The maximum Gasteiger partial charge on any atom is 0.213 e. The second kappa shape index (κ2) is 12.7. The van der Waals surface area contributed by atoms with Gasteiger partial charge in [-0.05, 0) is 37.7 Å². The second-order valence-corrected chi connectivity index (χ2v) is 8.00. The molecule has 1 saturated heterocycles. The SMILES string of the molecule is CC/C(=C/N)c1nc(NCc2ccc(OCCC=O)nc2)cc(N2CCCCC2CCO)n1. The average Bonchev–Trinajstić information content (AvgIpc) is 2.85. The molecule has 1 fully saturated rings. The molecule has 3 heterocycles. The minimum absolute atomic E-state index is 0.162. The van der Waals surface area contributed by atoms with E-state index < -0.39 is 0 Å². The number of rotatable bonds is 12. The first-order valence-electron chi connectivity index (χ1n) is 11.6. The quantitative estimate of drug-likeness (QED) is 0.328. The van der Waals surface area contributed by atoms with Gasteiger partial charge in [0.25, 0.3) is 0 Å². The Morgan fingerprint density at radius 3 is 2.94 bits per heavy atom. The summed E-state index contributed by atoms with van der Waals surface area (Å²) in [4.78, 5) is 26.5. The van der Waals surface area contributed by atoms with Crippen molar-refractivity contribution in [3.05, 3.63) is 42.0 Å². The Bertz CT molecular complexity index is 917. The fourth-order valence-electron chi connectivity index (χ4n) is 3.92. The lowest BCUT2D eigenvalue weighted by Crippen LogP contribution is -2.40. The van der Waals surface area contributed by atoms with Crippen molar-refractivity contribution in [1.82, 2.24) is 15.0 Å². The van der Waals surface area contributed by atoms with E-state index in [1.165, 1.54) is 0 Å². The van der Waals surface area contributed by atoms with Gasteiger partial charge < -0.3 is 30.6 Å². The number of pyridine rings is 1. The molecule has 0 radical (unpaired) electrons. The van der Waals surface area contributed by atoms with Crippen LogP contribution in [0.15, 0.2) is 30.6 Å². The highest BCUT2D eigenvalue weighted by atomic mass is 16.5. The number of allylic oxidation sites excluding steroid dienone is 1. The molecule has 1 unspecified atom stereocenters. The summed E-state index contributed by atoms with van der Waals surface area (Å²) in [6.07, 6.45) is 9.24. The van der Waals surface area contributed by atoms with E-state index in [2.05, 4.69) is 15.2 Å². The van der Waals surface area contributed by atoms with Gasteiger partial charge in [-0.15, -0.1) is 0 Å². The zero-order valence-corrected chi connectivity index (χ0v) is 19.2. The van der Waals surface area contributed by atoms with Crippen molar-refractivity contribution < 1.29 is 14.6 Å². The normalized spacial score (nSPS) is 16.5. The summed E-state index contributed by atoms with van der Waals surface area (Å²) < 4.78 is 5.42. The molecule has 1 aliphatic heterocycles. The van der Waals surface area contributed by atoms with Crippen LogP contribution in [0.3, 0.4) is 0 Å². The molecule has 4 N–H and O–H groups in total. The van der Waals surface area contributed by atoms with E-state index in [4.69, 9.17) is 20.4 Å². The van der Waals surface area contributed by atoms with E-state index in [-0.39, 0.29) is 12.6 Å². The van der Waals surface area contributed by atoms with E-state index in [9.17, 15) is 9.90 Å². The number of nitrogens with zero attached hydrogens (tertiary/aromatic N) is 4. The molecule has 0 aromatic carbocycles. The number of hydrogen-bond acceptors (Lipinski definition) is 9. The number of aliphatic hydroxyl groups is 1. The third-order valence-corrected chi connectivity index (χ3v) is 5.72. The Balaban J connectivity index is 1.78. The molecular weight excluding hydrogens is 420 g/mol. The minimum atomic E-state index is 0.162. The van der Waals surface area contributed by atoms with Crippen molar-refractivity contribution in [2.24, 2.45) is 5.73 Å². The standard InChI is InChI=1S/C24H34N6O3/c1-2-19(15-25)24-28-21(14-22(29-24)30-10-4-3-6-20(30)9-12-32)26-16-18-7-8-23(27-17-18)33-13-5-11-31/h7-8,11,14-15,17,20,32H,2-6,9-10,12-13,16,25H2,1H3,(H,26,28,29)/b19-15-. The third-order valence-electron chi connectivity index (χ3n) is 5.72. The fraction of sp³-hybridized carbons (Fsp3) is 0.500. The molecular formula is C24H34N6O3. The van der Waals surface area contributed by atoms with Crippen LogP contribution in [0.1, 0.15) is 56.8 Å². The summed E-state index contributed by atoms with van der Waals surface area (Å²) in [6.45, 7) is 3.95. The molecule has 2 aromatic rings. The molecule has 9 heteroatoms. The summed E-state index contributed by atoms with van der Waals surface area (Å²) in [5.41, 5.74) is 7.70. The first-order chi connectivity index (χ1) is 16.2. The smallest absolute Gasteiger partial charge is 0.213 e. The molecule has 2 aromatic heterocycles. The Morgan fingerprint density at radius 2 is 2.24 bits per heavy atom. The van der Waals surface area contributed by atoms with Gasteiger partial charge in [-0.2, -0.15) is 0 Å². The van der Waals surface area contributed by atoms with Crippen LogP contribution >= 0.6 is 0 Å². The minimum Gasteiger partial charge on any atom is -0.477 e. The number of hydrogen-bond donors (Lipinski definition) is 3. The summed E-state index contributed by atoms with van der Waals surface area (Å²) in [5.74, 6) is 2.67. The maximum atomic E-state index is 10.4. The van der Waals surface area contributed by atoms with Gasteiger partial charge in [0, 0.05) is 62.3 Å². The summed E-state index contributed by atoms with van der Waals surface area (Å²) in [5, 5.41) is 12.9. The van der Waals surface area contributed by atoms with E-state index in [0.717, 1.165) is 61.9 Å². The highest BCUT2D eigenvalue weighted by Crippen LogP contribution is 2.28. The largest absolute Gasteiger partial charge is 0.477 e. The first kappa shape index (κ1) is 24.4. The molecule has 0 spiro atoms. The van der Waals surface area contributed by atoms with Crippen molar-refractivity contribution in [1.29, 1.82) is 0 Å². The van der Waals surface area contributed by atoms with Crippen LogP contribution in [-0.2, 0) is 11.3 Å². The molecule has 0 bridgehead atoms. The number of aliphatic hydroxyl groups excluding tert-OH is 1. The van der Waals surface area contributed by atoms with Gasteiger partial charge in [0.2, 0.25) is 5.88 Å². The van der Waals surface area contributed by atoms with Gasteiger partial charge >= 0.3 is 0 Å². The molecule has 0 amide bonds. The number of carbonyl (C=O) groups excluding carboxylic acids is 1. The van der Waals surface area contributed by atoms with Gasteiger partial charge in [0.05, 0.1) is 6.61 Å². The lowest BCUT2D eigenvalue weighted by atomic mass is 9.99. The van der Waals surface area contributed by atoms with E-state index in [1.807, 2.05) is 19.1 Å². The lowest BCUT2D eigenvalue weighted by Gasteiger charge is -2.36. The van der Waals surface area contributed by atoms with Gasteiger partial charge in [-0.1, -0.05) is 13.0 Å². The van der Waals surface area contributed by atoms with Gasteiger partial charge in [-0.25, -0.2) is 15.0 Å². The van der Waals surface area contributed by atoms with E-state index in [1.54, 1.807) is 18.5 Å². The number of piperidine rings is 1. The molecule has 33 heavy (non-hydrogen) atoms. The molecule has 9 nitrogen and oxygen atoms in total. The summed E-state index contributed by atoms with van der Waals surface area (Å²) in [6, 6.07) is 5.95. The highest BCUT2D eigenvalue weighted by Gasteiger charge is 2.24. The van der Waals surface area contributed by atoms with Crippen LogP contribution in [0.4, 0.5) is 11.6 Å². The molecule has 3 rings (SSSR count). The first-order valence-corrected chi connectivity index (χ1v) is 11.6. The lowest BCUT2D eigenvalue weighted by molar-refractivity contribution is -0.108. The highest BCUT2D eigenvalue weighted by molar-refractivity contribution is 5.63. The van der Waals surface area contributed by atoms with Gasteiger partial charge in [0.1, 0.15) is 17.9 Å². The van der Waals surface area contributed by atoms with E-state index in [0.29, 0.717) is 37.1 Å². The molecule has 0 saturated carbocycles. The molecule has 0 aliphatic carbocycles. The predicted molar refractivity (Wildman–Crippen MR) is 129 cm³/mol. The third kappa shape index (κ3) is 6.89. The molecule has 1 atom stereocenters. The Morgan fingerprint density at radius 1 is 1.36 bits per heavy atom. The van der Waals surface area contributed by atoms with Gasteiger partial charge in [0.15, 0.2) is 5.82 Å². The van der Waals surface area contributed by atoms with E-state index >= 15 is 0 Å². The van der Waals surface area contributed by atoms with Crippen molar-refractivity contribution >= 4 is 23.5 Å². The zero-order valence-electron chi connectivity index (χ0n) is 19.2. The summed E-state index contributed by atoms with van der Waals surface area (Å²) >= 11 is 0. The second-order valence-electron chi connectivity index (χ2n) is 8.00. The van der Waals surface area contributed by atoms with Crippen molar-refractivity contribution in [2.45, 2.75) is 58.0 Å². The fourth-order valence-corrected chi connectivity index (χ4v) is 3.92. The monoisotopic (exact) mass is 454 g/mol. The number of nitrogens with two attached hydrogens (primary N) is 1. The van der Waals surface area contributed by atoms with Gasteiger partial charge in [-0.3, -0.25) is 0 Å². The average molecular weight is 455 g/mol. The number of nitrogens with one attached hydrogen (secondary N) is 1. The summed E-state index contributed by atoms with van der Waals surface area (Å²) in [7, 11) is 0. The van der Waals surface area contributed by atoms with Crippen LogP contribution in [0.2, 0.25) is 0 Å². The number of ether oxygens (including phenoxy) is 1. The van der Waals surface area contributed by atoms with Crippen LogP contribution in [0.25, 0.3) is 5.57 Å². The van der Waals surface area contributed by atoms with Crippen molar-refractivity contribution in [2.75, 3.05) is 30.0 Å². The van der Waals surface area contributed by atoms with Crippen molar-refractivity contribution in [3.8, 4) is 5.88 Å². The molecule has 1 aliphatic rings. The topological polar surface area (TPSA) is 126 Å².